The van der Waals surface area contributed by atoms with Crippen molar-refractivity contribution in [1.29, 1.82) is 0 Å². The summed E-state index contributed by atoms with van der Waals surface area (Å²) >= 11 is 3.30. The molecule has 11 rings (SSSR count). The first-order valence-corrected chi connectivity index (χ1v) is 40.2. The number of halogens is 1. The van der Waals surface area contributed by atoms with Crippen molar-refractivity contribution in [1.82, 2.24) is 0 Å². The van der Waals surface area contributed by atoms with Crippen LogP contribution < -0.4 is 0 Å². The molecule has 0 saturated carbocycles. The summed E-state index contributed by atoms with van der Waals surface area (Å²) in [6.45, 7) is 27.0. The van der Waals surface area contributed by atoms with Gasteiger partial charge in [0, 0.05) is 52.9 Å². The molecule has 4 saturated heterocycles. The lowest BCUT2D eigenvalue weighted by atomic mass is 10.1. The number of hydrogen-bond donors (Lipinski definition) is 1. The number of esters is 3. The van der Waals surface area contributed by atoms with Gasteiger partial charge in [-0.25, -0.2) is 28.5 Å². The molecule has 5 aromatic heterocycles. The van der Waals surface area contributed by atoms with E-state index >= 15 is 0 Å². The molecule has 4 fully saturated rings. The van der Waals surface area contributed by atoms with E-state index in [4.69, 9.17) is 97.5 Å². The Labute approximate surface area is 659 Å². The minimum absolute atomic E-state index is 0. The lowest BCUT2D eigenvalue weighted by molar-refractivity contribution is -0.140. The maximum absolute atomic E-state index is 12.0. The predicted octanol–water partition coefficient (Wildman–Crippen LogP) is 16.3. The van der Waals surface area contributed by atoms with Crippen LogP contribution in [0.15, 0.2) is 149 Å². The van der Waals surface area contributed by atoms with E-state index in [9.17, 15) is 37.9 Å². The Morgan fingerprint density at radius 1 is 0.473 bits per heavy atom. The highest BCUT2D eigenvalue weighted by atomic mass is 79.9. The van der Waals surface area contributed by atoms with E-state index in [0.29, 0.717) is 176 Å². The van der Waals surface area contributed by atoms with Gasteiger partial charge in [-0.1, -0.05) is 28.1 Å². The molecule has 1 atom stereocenters. The molecule has 4 aliphatic rings. The zero-order valence-corrected chi connectivity index (χ0v) is 68.0. The van der Waals surface area contributed by atoms with Crippen LogP contribution in [-0.4, -0.2) is 196 Å². The lowest BCUT2D eigenvalue weighted by Gasteiger charge is -2.17. The Bertz CT molecular complexity index is 3650. The van der Waals surface area contributed by atoms with Crippen LogP contribution in [0.25, 0.3) is 34.1 Å². The number of carboxylic acids is 1. The van der Waals surface area contributed by atoms with Gasteiger partial charge < -0.3 is 98.6 Å². The van der Waals surface area contributed by atoms with Crippen LogP contribution in [0.5, 0.6) is 0 Å². The highest BCUT2D eigenvalue weighted by Crippen LogP contribution is 2.50. The van der Waals surface area contributed by atoms with Crippen molar-refractivity contribution in [2.24, 2.45) is 0 Å². The molecule has 33 nitrogen and oxygen atoms in total. The number of ether oxygens (including phenoxy) is 13. The SMILES string of the molecule is BrCCC1OCCO1.CCOC(=O)/C(=C/c1ccco1)CC1OCCO1.CCOC(=O)/C(=C/c1ccco1)CC1OCCO1.CCOC(=O)OCC.CCOC(=O)c1ccc2ccoc2c1.CCOP(=O)(CCC1O[CH+]CO1)OCC.CCOP(=O)(OCC)OCC.O=C(O)c1ccc2ccoc2c1.O=Cc1ccco1.[OH-]. The summed E-state index contributed by atoms with van der Waals surface area (Å²) in [5, 5.41) is 11.5. The van der Waals surface area contributed by atoms with Crippen LogP contribution in [0.4, 0.5) is 4.79 Å². The number of alkyl halides is 1. The van der Waals surface area contributed by atoms with Gasteiger partial charge in [-0.05, 0) is 154 Å². The maximum atomic E-state index is 12.0. The number of furan rings is 5. The maximum Gasteiger partial charge on any atom is 0.508 e. The second-order valence-electron chi connectivity index (χ2n) is 21.6. The van der Waals surface area contributed by atoms with E-state index in [-0.39, 0.29) is 54.1 Å². The van der Waals surface area contributed by atoms with Gasteiger partial charge in [0.15, 0.2) is 30.9 Å². The average Bonchev–Trinajstić information content (AvgIpc) is 1.67. The van der Waals surface area contributed by atoms with Crippen LogP contribution in [0.2, 0.25) is 0 Å². The Hall–Kier alpha value is -8.09. The molecule has 624 valence electrons. The van der Waals surface area contributed by atoms with E-state index in [0.717, 1.165) is 35.7 Å². The summed E-state index contributed by atoms with van der Waals surface area (Å²) in [5.41, 5.74) is 3.05. The molecule has 112 heavy (non-hydrogen) atoms. The molecule has 0 spiro atoms. The number of fused-ring (bicyclic) bond motifs is 2. The van der Waals surface area contributed by atoms with Gasteiger partial charge >= 0.3 is 45.5 Å². The van der Waals surface area contributed by atoms with Crippen LogP contribution in [0.1, 0.15) is 138 Å². The first-order chi connectivity index (χ1) is 53.7. The van der Waals surface area contributed by atoms with E-state index in [1.807, 2.05) is 12.1 Å². The van der Waals surface area contributed by atoms with Crippen molar-refractivity contribution in [3.8, 4) is 0 Å². The molecule has 0 amide bonds. The van der Waals surface area contributed by atoms with Crippen molar-refractivity contribution in [2.75, 3.05) is 124 Å². The van der Waals surface area contributed by atoms with Crippen molar-refractivity contribution in [2.45, 2.75) is 120 Å². The summed E-state index contributed by atoms with van der Waals surface area (Å²) in [6, 6.07) is 24.0. The van der Waals surface area contributed by atoms with Gasteiger partial charge in [0.2, 0.25) is 12.9 Å². The third kappa shape index (κ3) is 42.1. The van der Waals surface area contributed by atoms with Crippen LogP contribution >= 0.6 is 31.3 Å². The normalized spacial score (nSPS) is 14.7. The second kappa shape index (κ2) is 60.5. The summed E-state index contributed by atoms with van der Waals surface area (Å²) in [6.07, 6.45) is 12.6. The minimum Gasteiger partial charge on any atom is -0.870 e. The molecule has 9 heterocycles. The van der Waals surface area contributed by atoms with Crippen LogP contribution in [-0.2, 0) is 103 Å². The van der Waals surface area contributed by atoms with Crippen molar-refractivity contribution in [3.05, 3.63) is 162 Å². The average molecular weight is 1690 g/mol. The molecule has 7 aromatic rings. The Morgan fingerprint density at radius 2 is 0.884 bits per heavy atom. The molecule has 36 heteroatoms. The zero-order chi connectivity index (χ0) is 81.3. The fraction of sp³-hybridized carbons (Fsp3) is 0.487. The van der Waals surface area contributed by atoms with Crippen LogP contribution in [0.3, 0.4) is 0 Å². The molecular weight excluding hydrogens is 1580 g/mol. The van der Waals surface area contributed by atoms with Gasteiger partial charge in [-0.2, -0.15) is 4.74 Å². The predicted molar refractivity (Wildman–Crippen MR) is 409 cm³/mol. The number of benzene rings is 2. The van der Waals surface area contributed by atoms with Crippen molar-refractivity contribution >= 4 is 102 Å². The largest absolute Gasteiger partial charge is 0.870 e. The fourth-order valence-corrected chi connectivity index (χ4v) is 12.1. The third-order valence-electron chi connectivity index (χ3n) is 13.6. The number of carboxylic acid groups (broad SMARTS) is 1. The number of hydrogen-bond acceptors (Lipinski definition) is 32. The van der Waals surface area contributed by atoms with Gasteiger partial charge in [0.25, 0.3) is 6.61 Å². The van der Waals surface area contributed by atoms with E-state index in [2.05, 4.69) is 29.8 Å². The van der Waals surface area contributed by atoms with Crippen molar-refractivity contribution in [3.63, 3.8) is 0 Å². The molecular formula is C76H105BrO33P2. The Balaban J connectivity index is 0.000000434. The number of rotatable bonds is 31. The topological polar surface area (TPSA) is 419 Å². The van der Waals surface area contributed by atoms with Gasteiger partial charge in [0.1, 0.15) is 22.7 Å². The van der Waals surface area contributed by atoms with E-state index in [1.165, 1.54) is 18.6 Å². The number of aromatic carboxylic acids is 1. The van der Waals surface area contributed by atoms with E-state index in [1.54, 1.807) is 174 Å². The standard InChI is InChI=1S/2C13H16O5.C11H10O3.C9H18O5P.C9H6O3.C6H15O4P.C5H9BrO2.C5H10O3.C5H4O2.H2O/c2*1-2-15-13(14)10(8-11-4-3-5-16-11)9-12-17-6-7-18-12;1-2-13-11(12)9-4-3-8-5-6-14-10(8)7-9;1-3-13-15(10,14-4-2)8-5-9-11-6-7-12-9;10-9(11)7-2-1-6-3-4-12-8(6)5-7;1-4-8-11(7,9-5-2)10-6-3;6-2-1-5-7-3-4-8-5;1-3-7-5(6)8-4-2;6-4-5-2-1-3-7-5;/h2*3-5,8,12H,2,6-7,9H2,1H3;3-7H,2H2,1H3;6,9H,3-5,7-8H2,1-2H3;1-5H,(H,10,11);4-6H2,1-3H3;5H,1-4H2;3-4H2,1-2H3;1-4H;1H2/q;;;+1;;;;;;/p-1/b2*10-8+;;;;;;;;. The summed E-state index contributed by atoms with van der Waals surface area (Å²) in [7, 11) is -6.17. The highest BCUT2D eigenvalue weighted by molar-refractivity contribution is 9.09. The number of carbonyl (C=O) groups is 6. The fourth-order valence-electron chi connectivity index (χ4n) is 8.93. The van der Waals surface area contributed by atoms with Gasteiger partial charge in [-0.3, -0.25) is 22.9 Å². The van der Waals surface area contributed by atoms with Crippen LogP contribution in [0, 0.1) is 6.61 Å². The first kappa shape index (κ1) is 100.0. The van der Waals surface area contributed by atoms with Gasteiger partial charge in [0.05, 0.1) is 154 Å². The molecule has 0 bridgehead atoms. The van der Waals surface area contributed by atoms with Crippen molar-refractivity contribution < 1.29 is 155 Å². The first-order valence-electron chi connectivity index (χ1n) is 35.9. The summed E-state index contributed by atoms with van der Waals surface area (Å²) in [4.78, 5) is 65.5. The monoisotopic (exact) mass is 1690 g/mol. The smallest absolute Gasteiger partial charge is 0.508 e. The molecule has 0 radical (unpaired) electrons. The third-order valence-corrected chi connectivity index (χ3v) is 17.9. The number of phosphoric acid groups is 1. The quantitative estimate of drug-likeness (QED) is 0.00802. The molecule has 2 aromatic carbocycles. The summed E-state index contributed by atoms with van der Waals surface area (Å²) in [5.74, 6) is -0.396. The molecule has 1 unspecified atom stereocenters. The summed E-state index contributed by atoms with van der Waals surface area (Å²) < 4.78 is 139. The highest BCUT2D eigenvalue weighted by Gasteiger charge is 2.31. The Kier molecular flexibility index (Phi) is 54.0. The Morgan fingerprint density at radius 3 is 1.24 bits per heavy atom. The van der Waals surface area contributed by atoms with Gasteiger partial charge in [-0.15, -0.1) is 0 Å². The number of aldehydes is 1. The molecule has 2 N–H and O–H groups in total. The minimum atomic E-state index is -3.22. The molecule has 0 aliphatic carbocycles. The van der Waals surface area contributed by atoms with E-state index < -0.39 is 27.5 Å². The zero-order valence-electron chi connectivity index (χ0n) is 64.7. The number of carbonyl (C=O) groups excluding carboxylic acids is 5. The number of phosphoric ester groups is 1. The molecule has 4 aliphatic heterocycles. The lowest BCUT2D eigenvalue weighted by Crippen LogP contribution is -2.15. The second-order valence-corrected chi connectivity index (χ2v) is 26.2.